The third kappa shape index (κ3) is 9.70. The molecule has 0 amide bonds. The lowest BCUT2D eigenvalue weighted by atomic mass is 10.1. The first-order chi connectivity index (χ1) is 10.9. The predicted molar refractivity (Wildman–Crippen MR) is 109 cm³/mol. The van der Waals surface area contributed by atoms with Gasteiger partial charge in [-0.15, -0.1) is 11.3 Å². The second kappa shape index (κ2) is 14.6. The molecule has 0 aliphatic rings. The van der Waals surface area contributed by atoms with E-state index >= 15 is 0 Å². The van der Waals surface area contributed by atoms with Gasteiger partial charge in [0.15, 0.2) is 0 Å². The van der Waals surface area contributed by atoms with E-state index in [9.17, 15) is 0 Å². The van der Waals surface area contributed by atoms with Crippen molar-refractivity contribution >= 4 is 21.6 Å². The molecule has 0 saturated heterocycles. The minimum atomic E-state index is 0.485. The smallest absolute Gasteiger partial charge is 0.0998 e. The maximum atomic E-state index is 4.57. The highest BCUT2D eigenvalue weighted by atomic mass is 32.1. The van der Waals surface area contributed by atoms with Gasteiger partial charge in [-0.2, -0.15) is 0 Å². The van der Waals surface area contributed by atoms with Crippen molar-refractivity contribution in [1.82, 2.24) is 9.97 Å². The zero-order valence-corrected chi connectivity index (χ0v) is 17.8. The minimum Gasteiger partial charge on any atom is -0.259 e. The highest BCUT2D eigenvalue weighted by molar-refractivity contribution is 7.18. The summed E-state index contributed by atoms with van der Waals surface area (Å²) in [6, 6.07) is 2.17. The number of aromatic nitrogens is 2. The van der Waals surface area contributed by atoms with Gasteiger partial charge < -0.3 is 0 Å². The van der Waals surface area contributed by atoms with Crippen LogP contribution in [0.5, 0.6) is 0 Å². The number of hydrogen-bond donors (Lipinski definition) is 0. The van der Waals surface area contributed by atoms with Crippen molar-refractivity contribution < 1.29 is 0 Å². The minimum absolute atomic E-state index is 0.485. The van der Waals surface area contributed by atoms with E-state index in [2.05, 4.69) is 71.4 Å². The Balaban J connectivity index is 0. The fraction of sp³-hybridized carbons (Fsp3) is 0.700. The van der Waals surface area contributed by atoms with Crippen molar-refractivity contribution in [2.75, 3.05) is 0 Å². The van der Waals surface area contributed by atoms with Crippen LogP contribution in [0.15, 0.2) is 12.3 Å². The van der Waals surface area contributed by atoms with Gasteiger partial charge in [0.2, 0.25) is 0 Å². The van der Waals surface area contributed by atoms with Crippen LogP contribution in [0, 0.1) is 0 Å². The average molecular weight is 339 g/mol. The van der Waals surface area contributed by atoms with E-state index in [-0.39, 0.29) is 0 Å². The van der Waals surface area contributed by atoms with Crippen LogP contribution in [0.3, 0.4) is 0 Å². The van der Waals surface area contributed by atoms with Gasteiger partial charge in [0.1, 0.15) is 0 Å². The van der Waals surface area contributed by atoms with Crippen LogP contribution >= 0.6 is 11.3 Å². The molecule has 0 fully saturated rings. The average Bonchev–Trinajstić information content (AvgIpc) is 2.94. The van der Waals surface area contributed by atoms with Crippen molar-refractivity contribution in [2.24, 2.45) is 0 Å². The predicted octanol–water partition coefficient (Wildman–Crippen LogP) is 7.80. The SMILES string of the molecule is CC.CC(C)c1cc2sc(C(C)C)nc2cn1.CCC.CCC. The largest absolute Gasteiger partial charge is 0.259 e. The van der Waals surface area contributed by atoms with E-state index in [1.807, 2.05) is 20.0 Å². The molecular formula is C20H38N2S. The quantitative estimate of drug-likeness (QED) is 0.558. The lowest BCUT2D eigenvalue weighted by Gasteiger charge is -2.01. The highest BCUT2D eigenvalue weighted by Crippen LogP contribution is 2.28. The first-order valence-electron chi connectivity index (χ1n) is 9.17. The molecule has 0 N–H and O–H groups in total. The number of fused-ring (bicyclic) bond motifs is 1. The number of rotatable bonds is 2. The van der Waals surface area contributed by atoms with Crippen LogP contribution in [-0.2, 0) is 0 Å². The van der Waals surface area contributed by atoms with Crippen molar-refractivity contribution in [3.05, 3.63) is 23.0 Å². The number of nitrogens with zero attached hydrogens (tertiary/aromatic N) is 2. The molecule has 2 rings (SSSR count). The van der Waals surface area contributed by atoms with Gasteiger partial charge in [-0.05, 0) is 12.0 Å². The molecule has 3 heteroatoms. The lowest BCUT2D eigenvalue weighted by molar-refractivity contribution is 0.825. The van der Waals surface area contributed by atoms with Crippen LogP contribution in [0.4, 0.5) is 0 Å². The summed E-state index contributed by atoms with van der Waals surface area (Å²) in [7, 11) is 0. The molecule has 0 aliphatic carbocycles. The van der Waals surface area contributed by atoms with E-state index in [1.165, 1.54) is 22.5 Å². The zero-order chi connectivity index (χ0) is 18.4. The summed E-state index contributed by atoms with van der Waals surface area (Å²) in [6.45, 7) is 21.2. The standard InChI is InChI=1S/C12H16N2S.2C3H8.C2H6/c1-7(2)9-5-11-10(6-13-9)14-12(15-11)8(3)4;2*1-3-2;1-2/h5-8H,1-4H3;2*3H2,1-2H3;1-2H3. The Morgan fingerprint density at radius 2 is 1.39 bits per heavy atom. The molecule has 2 aromatic rings. The number of hydrogen-bond acceptors (Lipinski definition) is 3. The topological polar surface area (TPSA) is 25.8 Å². The summed E-state index contributed by atoms with van der Waals surface area (Å²) in [6.07, 6.45) is 4.40. The van der Waals surface area contributed by atoms with Crippen molar-refractivity contribution in [1.29, 1.82) is 0 Å². The van der Waals surface area contributed by atoms with Gasteiger partial charge in [-0.1, -0.05) is 82.1 Å². The third-order valence-corrected chi connectivity index (χ3v) is 3.72. The maximum Gasteiger partial charge on any atom is 0.0998 e. The molecule has 2 aromatic heterocycles. The Labute approximate surface area is 148 Å². The van der Waals surface area contributed by atoms with Gasteiger partial charge in [0.25, 0.3) is 0 Å². The summed E-state index contributed by atoms with van der Waals surface area (Å²) in [5.41, 5.74) is 2.19. The Morgan fingerprint density at radius 3 is 1.78 bits per heavy atom. The van der Waals surface area contributed by atoms with Crippen molar-refractivity contribution in [3.8, 4) is 0 Å². The molecule has 0 aromatic carbocycles. The second-order valence-electron chi connectivity index (χ2n) is 5.85. The summed E-state index contributed by atoms with van der Waals surface area (Å²) >= 11 is 1.79. The van der Waals surface area contributed by atoms with Crippen LogP contribution < -0.4 is 0 Å². The molecule has 0 unspecified atom stereocenters. The Hall–Kier alpha value is -0.960. The summed E-state index contributed by atoms with van der Waals surface area (Å²) in [5.74, 6) is 0.990. The van der Waals surface area contributed by atoms with Crippen LogP contribution in [0.25, 0.3) is 10.2 Å². The zero-order valence-electron chi connectivity index (χ0n) is 17.0. The molecule has 0 radical (unpaired) electrons. The summed E-state index contributed by atoms with van der Waals surface area (Å²) in [4.78, 5) is 8.99. The molecule has 0 aliphatic heterocycles. The van der Waals surface area contributed by atoms with E-state index in [4.69, 9.17) is 0 Å². The summed E-state index contributed by atoms with van der Waals surface area (Å²) in [5, 5.41) is 1.20. The fourth-order valence-corrected chi connectivity index (χ4v) is 2.42. The van der Waals surface area contributed by atoms with Crippen LogP contribution in [0.2, 0.25) is 0 Å². The molecule has 0 saturated carbocycles. The monoisotopic (exact) mass is 338 g/mol. The first kappa shape index (κ1) is 24.3. The van der Waals surface area contributed by atoms with Crippen molar-refractivity contribution in [2.45, 2.75) is 93.9 Å². The van der Waals surface area contributed by atoms with E-state index in [1.54, 1.807) is 11.3 Å². The highest BCUT2D eigenvalue weighted by Gasteiger charge is 2.09. The van der Waals surface area contributed by atoms with E-state index in [0.29, 0.717) is 11.8 Å². The van der Waals surface area contributed by atoms with Gasteiger partial charge in [0.05, 0.1) is 21.4 Å². The molecule has 2 nitrogen and oxygen atoms in total. The van der Waals surface area contributed by atoms with E-state index in [0.717, 1.165) is 11.2 Å². The molecule has 23 heavy (non-hydrogen) atoms. The first-order valence-corrected chi connectivity index (χ1v) is 9.98. The van der Waals surface area contributed by atoms with Crippen LogP contribution in [0.1, 0.15) is 105 Å². The number of thiazole rings is 1. The molecule has 2 heterocycles. The van der Waals surface area contributed by atoms with E-state index < -0.39 is 0 Å². The fourth-order valence-electron chi connectivity index (χ4n) is 1.43. The second-order valence-corrected chi connectivity index (χ2v) is 6.91. The van der Waals surface area contributed by atoms with Crippen molar-refractivity contribution in [3.63, 3.8) is 0 Å². The lowest BCUT2D eigenvalue weighted by Crippen LogP contribution is -1.90. The van der Waals surface area contributed by atoms with Gasteiger partial charge >= 0.3 is 0 Å². The molecule has 0 spiro atoms. The Kier molecular flexibility index (Phi) is 15.4. The molecule has 0 atom stereocenters. The summed E-state index contributed by atoms with van der Waals surface area (Å²) < 4.78 is 1.26. The molecule has 134 valence electrons. The van der Waals surface area contributed by atoms with Gasteiger partial charge in [-0.25, -0.2) is 4.98 Å². The number of pyridine rings is 1. The maximum absolute atomic E-state index is 4.57. The normalized spacial score (nSPS) is 9.57. The molecular weight excluding hydrogens is 300 g/mol. The van der Waals surface area contributed by atoms with Gasteiger partial charge in [-0.3, -0.25) is 4.98 Å². The van der Waals surface area contributed by atoms with Crippen LogP contribution in [-0.4, -0.2) is 9.97 Å². The Morgan fingerprint density at radius 1 is 0.913 bits per heavy atom. The molecule has 0 bridgehead atoms. The third-order valence-electron chi connectivity index (χ3n) is 2.40. The Bertz CT molecular complexity index is 493. The van der Waals surface area contributed by atoms with Gasteiger partial charge in [0, 0.05) is 11.6 Å².